The maximum atomic E-state index is 11.2. The number of carbonyl (C=O) groups is 1. The van der Waals surface area contributed by atoms with Crippen LogP contribution in [-0.4, -0.2) is 25.3 Å². The molecule has 3 heteroatoms. The van der Waals surface area contributed by atoms with Crippen molar-refractivity contribution in [2.24, 2.45) is 0 Å². The predicted molar refractivity (Wildman–Crippen MR) is 44.7 cm³/mol. The van der Waals surface area contributed by atoms with Gasteiger partial charge in [-0.25, -0.2) is 4.79 Å². The summed E-state index contributed by atoms with van der Waals surface area (Å²) in [6, 6.07) is 0. The van der Waals surface area contributed by atoms with Gasteiger partial charge >= 0.3 is 5.97 Å². The maximum Gasteiger partial charge on any atom is 0.335 e. The molecule has 0 bridgehead atoms. The lowest BCUT2D eigenvalue weighted by Crippen LogP contribution is -2.22. The van der Waals surface area contributed by atoms with E-state index in [9.17, 15) is 4.79 Å². The summed E-state index contributed by atoms with van der Waals surface area (Å²) in [4.78, 5) is 11.2. The first kappa shape index (κ1) is 9.26. The van der Waals surface area contributed by atoms with Gasteiger partial charge in [0.2, 0.25) is 0 Å². The van der Waals surface area contributed by atoms with E-state index in [0.29, 0.717) is 13.2 Å². The number of rotatable bonds is 3. The maximum absolute atomic E-state index is 11.2. The second kappa shape index (κ2) is 4.26. The summed E-state index contributed by atoms with van der Waals surface area (Å²) >= 11 is 0. The number of esters is 1. The predicted octanol–water partition coefficient (Wildman–Crippen LogP) is 1.28. The van der Waals surface area contributed by atoms with Crippen molar-refractivity contribution in [2.75, 3.05) is 13.2 Å². The average molecular weight is 170 g/mol. The molecule has 1 aliphatic heterocycles. The van der Waals surface area contributed by atoms with Crippen molar-refractivity contribution in [3.05, 3.63) is 12.2 Å². The van der Waals surface area contributed by atoms with Crippen LogP contribution in [0.15, 0.2) is 12.2 Å². The van der Waals surface area contributed by atoms with Gasteiger partial charge in [-0.1, -0.05) is 6.58 Å². The van der Waals surface area contributed by atoms with Crippen molar-refractivity contribution in [1.82, 2.24) is 0 Å². The van der Waals surface area contributed by atoms with E-state index >= 15 is 0 Å². The van der Waals surface area contributed by atoms with E-state index in [1.807, 2.05) is 6.92 Å². The van der Waals surface area contributed by atoms with E-state index in [-0.39, 0.29) is 12.1 Å². The summed E-state index contributed by atoms with van der Waals surface area (Å²) in [5.74, 6) is -0.254. The van der Waals surface area contributed by atoms with Crippen LogP contribution in [0.4, 0.5) is 0 Å². The number of hydrogen-bond donors (Lipinski definition) is 0. The molecule has 0 aliphatic carbocycles. The molecule has 0 aromatic heterocycles. The molecule has 68 valence electrons. The smallest absolute Gasteiger partial charge is 0.335 e. The Bertz CT molecular complexity index is 180. The third kappa shape index (κ3) is 2.66. The molecular formula is C9H14O3. The Kier molecular flexibility index (Phi) is 3.29. The molecule has 0 N–H and O–H groups in total. The van der Waals surface area contributed by atoms with Crippen LogP contribution in [0.5, 0.6) is 0 Å². The zero-order chi connectivity index (χ0) is 8.97. The lowest BCUT2D eigenvalue weighted by molar-refractivity contribution is -0.153. The second-order valence-electron chi connectivity index (χ2n) is 3.07. The van der Waals surface area contributed by atoms with Crippen molar-refractivity contribution in [2.45, 2.75) is 25.9 Å². The fourth-order valence-corrected chi connectivity index (χ4v) is 1.05. The summed E-state index contributed by atoms with van der Waals surface area (Å²) in [6.45, 7) is 6.44. The Hall–Kier alpha value is -0.830. The highest BCUT2D eigenvalue weighted by Gasteiger charge is 2.24. The summed E-state index contributed by atoms with van der Waals surface area (Å²) in [7, 11) is 0. The first-order valence-corrected chi connectivity index (χ1v) is 4.13. The van der Waals surface area contributed by atoms with Crippen molar-refractivity contribution in [1.29, 1.82) is 0 Å². The Morgan fingerprint density at radius 2 is 2.50 bits per heavy atom. The van der Waals surface area contributed by atoms with E-state index in [1.165, 1.54) is 0 Å². The molecule has 12 heavy (non-hydrogen) atoms. The normalized spacial score (nSPS) is 22.2. The monoisotopic (exact) mass is 170 g/mol. The van der Waals surface area contributed by atoms with Crippen LogP contribution in [0.25, 0.3) is 0 Å². The third-order valence-electron chi connectivity index (χ3n) is 1.65. The van der Waals surface area contributed by atoms with E-state index < -0.39 is 0 Å². The fraction of sp³-hybridized carbons (Fsp3) is 0.667. The highest BCUT2D eigenvalue weighted by molar-refractivity contribution is 5.75. The first-order valence-electron chi connectivity index (χ1n) is 4.13. The largest absolute Gasteiger partial charge is 0.459 e. The summed E-state index contributed by atoms with van der Waals surface area (Å²) in [6.07, 6.45) is 1.41. The molecule has 1 aliphatic rings. The zero-order valence-corrected chi connectivity index (χ0v) is 7.34. The van der Waals surface area contributed by atoms with Crippen LogP contribution in [0.3, 0.4) is 0 Å². The molecular weight excluding hydrogens is 156 g/mol. The van der Waals surface area contributed by atoms with Crippen molar-refractivity contribution in [3.8, 4) is 0 Å². The third-order valence-corrected chi connectivity index (χ3v) is 1.65. The fourth-order valence-electron chi connectivity index (χ4n) is 1.05. The Morgan fingerprint density at radius 1 is 1.75 bits per heavy atom. The van der Waals surface area contributed by atoms with E-state index in [2.05, 4.69) is 6.58 Å². The Balaban J connectivity index is 2.23. The van der Waals surface area contributed by atoms with E-state index in [4.69, 9.17) is 9.47 Å². The van der Waals surface area contributed by atoms with Gasteiger partial charge in [-0.15, -0.1) is 0 Å². The molecule has 1 atom stereocenters. The first-order chi connectivity index (χ1) is 5.70. The van der Waals surface area contributed by atoms with Crippen LogP contribution in [0, 0.1) is 0 Å². The summed E-state index contributed by atoms with van der Waals surface area (Å²) < 4.78 is 10.1. The molecule has 0 spiro atoms. The Labute approximate surface area is 72.4 Å². The van der Waals surface area contributed by atoms with Crippen molar-refractivity contribution in [3.63, 3.8) is 0 Å². The second-order valence-corrected chi connectivity index (χ2v) is 3.07. The van der Waals surface area contributed by atoms with E-state index in [1.54, 1.807) is 0 Å². The molecule has 0 aromatic carbocycles. The average Bonchev–Trinajstić information content (AvgIpc) is 2.51. The van der Waals surface area contributed by atoms with Gasteiger partial charge in [-0.3, -0.25) is 0 Å². The molecule has 0 amide bonds. The SMILES string of the molecule is C=C(C)COC(=O)C1CCCO1. The minimum atomic E-state index is -0.329. The van der Waals surface area contributed by atoms with Crippen LogP contribution in [0.2, 0.25) is 0 Å². The number of ether oxygens (including phenoxy) is 2. The number of carbonyl (C=O) groups excluding carboxylic acids is 1. The van der Waals surface area contributed by atoms with Crippen LogP contribution in [-0.2, 0) is 14.3 Å². The lowest BCUT2D eigenvalue weighted by Gasteiger charge is -2.08. The van der Waals surface area contributed by atoms with Crippen LogP contribution in [0.1, 0.15) is 19.8 Å². The van der Waals surface area contributed by atoms with Crippen molar-refractivity contribution >= 4 is 5.97 Å². The van der Waals surface area contributed by atoms with Gasteiger partial charge in [-0.2, -0.15) is 0 Å². The number of hydrogen-bond acceptors (Lipinski definition) is 3. The quantitative estimate of drug-likeness (QED) is 0.473. The topological polar surface area (TPSA) is 35.5 Å². The molecule has 0 aromatic rings. The molecule has 1 heterocycles. The van der Waals surface area contributed by atoms with Gasteiger partial charge in [0.05, 0.1) is 0 Å². The van der Waals surface area contributed by atoms with Crippen LogP contribution < -0.4 is 0 Å². The van der Waals surface area contributed by atoms with Gasteiger partial charge in [0.25, 0.3) is 0 Å². The van der Waals surface area contributed by atoms with Gasteiger partial charge in [0.1, 0.15) is 6.61 Å². The molecule has 3 nitrogen and oxygen atoms in total. The van der Waals surface area contributed by atoms with Gasteiger partial charge < -0.3 is 9.47 Å². The highest BCUT2D eigenvalue weighted by atomic mass is 16.6. The minimum Gasteiger partial charge on any atom is -0.459 e. The lowest BCUT2D eigenvalue weighted by atomic mass is 10.2. The summed E-state index contributed by atoms with van der Waals surface area (Å²) in [5.41, 5.74) is 0.848. The molecule has 0 saturated carbocycles. The molecule has 0 radical (unpaired) electrons. The van der Waals surface area contributed by atoms with Gasteiger partial charge in [0.15, 0.2) is 6.10 Å². The van der Waals surface area contributed by atoms with Crippen LogP contribution >= 0.6 is 0 Å². The molecule has 1 unspecified atom stereocenters. The summed E-state index contributed by atoms with van der Waals surface area (Å²) in [5, 5.41) is 0. The molecule has 1 saturated heterocycles. The van der Waals surface area contributed by atoms with E-state index in [0.717, 1.165) is 18.4 Å². The Morgan fingerprint density at radius 3 is 3.00 bits per heavy atom. The highest BCUT2D eigenvalue weighted by Crippen LogP contribution is 2.13. The zero-order valence-electron chi connectivity index (χ0n) is 7.34. The van der Waals surface area contributed by atoms with Gasteiger partial charge in [0, 0.05) is 6.61 Å². The molecule has 1 rings (SSSR count). The van der Waals surface area contributed by atoms with Gasteiger partial charge in [-0.05, 0) is 25.3 Å². The minimum absolute atomic E-state index is 0.254. The standard InChI is InChI=1S/C9H14O3/c1-7(2)6-12-9(10)8-4-3-5-11-8/h8H,1,3-6H2,2H3. The van der Waals surface area contributed by atoms with Crippen molar-refractivity contribution < 1.29 is 14.3 Å². The molecule has 1 fully saturated rings.